The van der Waals surface area contributed by atoms with Gasteiger partial charge in [0.1, 0.15) is 4.75 Å². The summed E-state index contributed by atoms with van der Waals surface area (Å²) in [5.74, 6) is -1.71. The number of carbonyl (C=O) groups is 2. The number of imide groups is 1. The predicted molar refractivity (Wildman–Crippen MR) is 93.2 cm³/mol. The minimum atomic E-state index is -1.98. The van der Waals surface area contributed by atoms with E-state index in [9.17, 15) is 25.4 Å². The Balaban J connectivity index is 2.38. The lowest BCUT2D eigenvalue weighted by molar-refractivity contribution is -0.122. The summed E-state index contributed by atoms with van der Waals surface area (Å²) in [6, 6.07) is 12.0. The number of halogens is 1. The number of amides is 2. The van der Waals surface area contributed by atoms with Crippen LogP contribution in [0.5, 0.6) is 0 Å². The molecule has 128 valence electrons. The number of rotatable bonds is 1. The molecule has 2 unspecified atom stereocenters. The van der Waals surface area contributed by atoms with Gasteiger partial charge in [0, 0.05) is 17.4 Å². The predicted octanol–water partition coefficient (Wildman–Crippen LogP) is 2.32. The van der Waals surface area contributed by atoms with Crippen LogP contribution in [0.15, 0.2) is 35.5 Å². The van der Waals surface area contributed by atoms with Gasteiger partial charge in [-0.05, 0) is 29.5 Å². The van der Waals surface area contributed by atoms with Gasteiger partial charge in [0.15, 0.2) is 5.41 Å². The highest BCUT2D eigenvalue weighted by atomic mass is 35.5. The third-order valence-corrected chi connectivity index (χ3v) is 6.12. The first kappa shape index (κ1) is 17.8. The van der Waals surface area contributed by atoms with E-state index >= 15 is 0 Å². The lowest BCUT2D eigenvalue weighted by Gasteiger charge is -2.44. The highest BCUT2D eigenvalue weighted by Crippen LogP contribution is 2.59. The second-order valence-corrected chi connectivity index (χ2v) is 7.67. The van der Waals surface area contributed by atoms with E-state index in [-0.39, 0.29) is 17.7 Å². The quantitative estimate of drug-likeness (QED) is 0.756. The molecule has 1 aromatic rings. The molecule has 0 bridgehead atoms. The molecule has 9 heteroatoms. The maximum atomic E-state index is 12.7. The number of nitrogens with two attached hydrogens (primary N) is 1. The van der Waals surface area contributed by atoms with E-state index in [4.69, 9.17) is 17.3 Å². The average molecular weight is 384 g/mol. The molecule has 0 aromatic heterocycles. The van der Waals surface area contributed by atoms with E-state index in [1.165, 1.54) is 0 Å². The van der Waals surface area contributed by atoms with Gasteiger partial charge in [-0.15, -0.1) is 0 Å². The van der Waals surface area contributed by atoms with Gasteiger partial charge in [-0.25, -0.2) is 0 Å². The third-order valence-electron chi connectivity index (χ3n) is 4.65. The van der Waals surface area contributed by atoms with Crippen molar-refractivity contribution in [1.29, 1.82) is 15.8 Å². The van der Waals surface area contributed by atoms with Gasteiger partial charge in [0.05, 0.1) is 29.5 Å². The summed E-state index contributed by atoms with van der Waals surface area (Å²) in [5.41, 5.74) is 4.28. The van der Waals surface area contributed by atoms with Crippen LogP contribution in [0.25, 0.3) is 0 Å². The van der Waals surface area contributed by atoms with Gasteiger partial charge in [-0.3, -0.25) is 14.9 Å². The number of benzene rings is 1. The van der Waals surface area contributed by atoms with E-state index in [2.05, 4.69) is 5.32 Å². The number of hydrogen-bond acceptors (Lipinski definition) is 7. The van der Waals surface area contributed by atoms with E-state index < -0.39 is 27.2 Å². The summed E-state index contributed by atoms with van der Waals surface area (Å²) in [6.45, 7) is 0. The summed E-state index contributed by atoms with van der Waals surface area (Å²) < 4.78 is -1.52. The molecular formula is C17H10ClN5O2S. The van der Waals surface area contributed by atoms with Crippen molar-refractivity contribution in [3.63, 3.8) is 0 Å². The zero-order valence-electron chi connectivity index (χ0n) is 13.1. The van der Waals surface area contributed by atoms with Crippen molar-refractivity contribution < 1.29 is 9.59 Å². The second-order valence-electron chi connectivity index (χ2n) is 5.93. The van der Waals surface area contributed by atoms with Gasteiger partial charge in [0.2, 0.25) is 5.91 Å². The molecule has 26 heavy (non-hydrogen) atoms. The van der Waals surface area contributed by atoms with Crippen molar-refractivity contribution in [1.82, 2.24) is 5.32 Å². The van der Waals surface area contributed by atoms with Gasteiger partial charge in [-0.1, -0.05) is 23.7 Å². The number of thioether (sulfide) groups is 1. The largest absolute Gasteiger partial charge is 0.399 e. The molecule has 2 atom stereocenters. The summed E-state index contributed by atoms with van der Waals surface area (Å²) in [4.78, 5) is 24.7. The standard InChI is InChI=1S/C17H10ClN5O2S/c18-11-3-1-9(2-4-11)12-16(7-20,8-21)13(22)10(6-19)5-17(12)14(24)23-15(25)26-17/h1-4,12H,5,22H2,(H,23,24,25). The van der Waals surface area contributed by atoms with Crippen LogP contribution in [0.3, 0.4) is 0 Å². The molecule has 1 saturated heterocycles. The Morgan fingerprint density at radius 2 is 1.81 bits per heavy atom. The van der Waals surface area contributed by atoms with Crippen LogP contribution >= 0.6 is 23.4 Å². The summed E-state index contributed by atoms with van der Waals surface area (Å²) in [5, 5.41) is 31.2. The van der Waals surface area contributed by atoms with Crippen LogP contribution in [0.4, 0.5) is 4.79 Å². The molecule has 1 aliphatic carbocycles. The molecule has 1 heterocycles. The van der Waals surface area contributed by atoms with Crippen LogP contribution in [0.1, 0.15) is 17.9 Å². The maximum absolute atomic E-state index is 12.7. The van der Waals surface area contributed by atoms with Crippen molar-refractivity contribution in [2.75, 3.05) is 0 Å². The zero-order chi connectivity index (χ0) is 19.1. The molecule has 0 radical (unpaired) electrons. The molecular weight excluding hydrogens is 374 g/mol. The Kier molecular flexibility index (Phi) is 4.16. The number of hydrogen-bond donors (Lipinski definition) is 2. The van der Waals surface area contributed by atoms with Gasteiger partial charge in [-0.2, -0.15) is 15.8 Å². The molecule has 1 aliphatic heterocycles. The van der Waals surface area contributed by atoms with Crippen molar-refractivity contribution in [2.45, 2.75) is 17.1 Å². The average Bonchev–Trinajstić information content (AvgIpc) is 2.91. The maximum Gasteiger partial charge on any atom is 0.286 e. The van der Waals surface area contributed by atoms with Crippen molar-refractivity contribution in [3.05, 3.63) is 46.1 Å². The smallest absolute Gasteiger partial charge is 0.286 e. The number of allylic oxidation sites excluding steroid dienone is 2. The molecule has 2 aliphatic rings. The summed E-state index contributed by atoms with van der Waals surface area (Å²) in [7, 11) is 0. The van der Waals surface area contributed by atoms with Gasteiger partial charge < -0.3 is 5.73 Å². The fraction of sp³-hybridized carbons (Fsp3) is 0.235. The van der Waals surface area contributed by atoms with Crippen molar-refractivity contribution in [2.24, 2.45) is 11.1 Å². The van der Waals surface area contributed by atoms with Crippen molar-refractivity contribution in [3.8, 4) is 18.2 Å². The Morgan fingerprint density at radius 1 is 1.19 bits per heavy atom. The molecule has 7 nitrogen and oxygen atoms in total. The number of nitriles is 3. The molecule has 0 saturated carbocycles. The zero-order valence-corrected chi connectivity index (χ0v) is 14.7. The van der Waals surface area contributed by atoms with Gasteiger partial charge >= 0.3 is 0 Å². The van der Waals surface area contributed by atoms with Crippen LogP contribution in [0, 0.1) is 39.4 Å². The minimum absolute atomic E-state index is 0.0457. The Bertz CT molecular complexity index is 968. The summed E-state index contributed by atoms with van der Waals surface area (Å²) >= 11 is 6.60. The lowest BCUT2D eigenvalue weighted by atomic mass is 9.59. The summed E-state index contributed by atoms with van der Waals surface area (Å²) in [6.07, 6.45) is -0.157. The molecule has 3 N–H and O–H groups in total. The molecule has 1 aromatic carbocycles. The first-order valence-corrected chi connectivity index (χ1v) is 8.55. The highest BCUT2D eigenvalue weighted by molar-refractivity contribution is 8.16. The Labute approximate surface area is 158 Å². The van der Waals surface area contributed by atoms with Crippen LogP contribution in [-0.4, -0.2) is 15.9 Å². The fourth-order valence-electron chi connectivity index (χ4n) is 3.49. The molecule has 1 fully saturated rings. The molecule has 1 spiro atoms. The van der Waals surface area contributed by atoms with Crippen LogP contribution < -0.4 is 11.1 Å². The van der Waals surface area contributed by atoms with E-state index in [1.807, 2.05) is 18.2 Å². The van der Waals surface area contributed by atoms with E-state index in [0.29, 0.717) is 22.3 Å². The number of nitrogens with one attached hydrogen (secondary N) is 1. The lowest BCUT2D eigenvalue weighted by Crippen LogP contribution is -2.53. The van der Waals surface area contributed by atoms with E-state index in [1.54, 1.807) is 24.3 Å². The topological polar surface area (TPSA) is 144 Å². The Hall–Kier alpha value is -2.99. The van der Waals surface area contributed by atoms with Gasteiger partial charge in [0.25, 0.3) is 5.24 Å². The van der Waals surface area contributed by atoms with Crippen LogP contribution in [-0.2, 0) is 4.79 Å². The van der Waals surface area contributed by atoms with Crippen LogP contribution in [0.2, 0.25) is 5.02 Å². The number of carbonyl (C=O) groups excluding carboxylic acids is 2. The third kappa shape index (κ3) is 2.26. The normalized spacial score (nSPS) is 26.8. The minimum Gasteiger partial charge on any atom is -0.399 e. The first-order valence-electron chi connectivity index (χ1n) is 7.36. The fourth-order valence-corrected chi connectivity index (χ4v) is 4.89. The second kappa shape index (κ2) is 6.07. The number of nitrogens with zero attached hydrogens (tertiary/aromatic N) is 3. The highest BCUT2D eigenvalue weighted by Gasteiger charge is 2.65. The van der Waals surface area contributed by atoms with E-state index in [0.717, 1.165) is 0 Å². The van der Waals surface area contributed by atoms with Crippen molar-refractivity contribution >= 4 is 34.5 Å². The Morgan fingerprint density at radius 3 is 2.27 bits per heavy atom. The first-order chi connectivity index (χ1) is 12.3. The molecule has 3 rings (SSSR count). The SMILES string of the molecule is N#CC1=C(N)C(C#N)(C#N)C(c2ccc(Cl)cc2)C2(C1)SC(=O)NC2=O. The monoisotopic (exact) mass is 383 g/mol. The molecule has 2 amide bonds.